The predicted octanol–water partition coefficient (Wildman–Crippen LogP) is 9.63. The normalized spacial score (nSPS) is 12.0. The quantitative estimate of drug-likeness (QED) is 0.210. The van der Waals surface area contributed by atoms with Gasteiger partial charge >= 0.3 is 0 Å². The summed E-state index contributed by atoms with van der Waals surface area (Å²) in [5, 5.41) is 6.87. The molecule has 0 aliphatic carbocycles. The van der Waals surface area contributed by atoms with Crippen molar-refractivity contribution in [2.45, 2.75) is 0 Å². The van der Waals surface area contributed by atoms with Gasteiger partial charge in [-0.3, -0.25) is 4.57 Å². The second-order valence-electron chi connectivity index (χ2n) is 11.3. The minimum Gasteiger partial charge on any atom is -0.456 e. The fourth-order valence-corrected chi connectivity index (χ4v) is 6.92. The molecule has 0 unspecified atom stereocenters. The molecule has 0 aliphatic heterocycles. The van der Waals surface area contributed by atoms with E-state index in [-0.39, 0.29) is 0 Å². The second-order valence-corrected chi connectivity index (χ2v) is 11.3. The molecule has 45 heavy (non-hydrogen) atoms. The van der Waals surface area contributed by atoms with Gasteiger partial charge in [-0.15, -0.1) is 0 Å². The van der Waals surface area contributed by atoms with Gasteiger partial charge in [0.2, 0.25) is 5.95 Å². The van der Waals surface area contributed by atoms with Crippen LogP contribution in [0.4, 0.5) is 0 Å². The minimum atomic E-state index is 0.586. The van der Waals surface area contributed by atoms with Crippen LogP contribution < -0.4 is 0 Å². The van der Waals surface area contributed by atoms with Crippen LogP contribution in [0.25, 0.3) is 88.6 Å². The molecule has 6 nitrogen and oxygen atoms in total. The molecular weight excluding hydrogens is 554 g/mol. The number of hydrogen-bond acceptors (Lipinski definition) is 4. The highest BCUT2D eigenvalue weighted by molar-refractivity contribution is 6.11. The fraction of sp³-hybridized carbons (Fsp3) is 0. The van der Waals surface area contributed by atoms with Gasteiger partial charge in [0.15, 0.2) is 5.82 Å². The summed E-state index contributed by atoms with van der Waals surface area (Å²) in [6.07, 6.45) is 1.60. The van der Waals surface area contributed by atoms with Gasteiger partial charge in [-0.1, -0.05) is 72.8 Å². The first-order valence-electron chi connectivity index (χ1n) is 14.9. The maximum Gasteiger partial charge on any atom is 0.238 e. The number of nitrogens with zero attached hydrogens (tertiary/aromatic N) is 5. The molecule has 6 aromatic carbocycles. The first-order valence-corrected chi connectivity index (χ1v) is 14.9. The van der Waals surface area contributed by atoms with E-state index in [1.165, 1.54) is 32.6 Å². The van der Waals surface area contributed by atoms with E-state index in [9.17, 15) is 0 Å². The van der Waals surface area contributed by atoms with Gasteiger partial charge in [0.1, 0.15) is 17.5 Å². The van der Waals surface area contributed by atoms with Gasteiger partial charge < -0.3 is 8.98 Å². The molecule has 0 atom stereocenters. The number of benzene rings is 6. The van der Waals surface area contributed by atoms with Crippen molar-refractivity contribution < 1.29 is 4.42 Å². The number of para-hydroxylation sites is 4. The van der Waals surface area contributed by atoms with Crippen molar-refractivity contribution in [3.63, 3.8) is 0 Å². The summed E-state index contributed by atoms with van der Waals surface area (Å²) in [5.41, 5.74) is 8.12. The van der Waals surface area contributed by atoms with E-state index in [2.05, 4.69) is 128 Å². The standard InChI is InChI=1S/C39H23N5O/c1-5-13-32-26(9-1)27-10-2-6-14-33(27)43(32)25-18-20-37-31(22-25)30-21-24(17-19-36(30)45-37)38-40-23-41-39(42-38)44-34-15-7-3-11-28(34)29-12-4-8-16-35(29)44/h1-23H. The lowest BCUT2D eigenvalue weighted by atomic mass is 10.1. The average Bonchev–Trinajstić information content (AvgIpc) is 3.75. The van der Waals surface area contributed by atoms with Crippen molar-refractivity contribution in [1.82, 2.24) is 24.1 Å². The van der Waals surface area contributed by atoms with Crippen molar-refractivity contribution in [2.75, 3.05) is 0 Å². The number of fused-ring (bicyclic) bond motifs is 9. The number of aromatic nitrogens is 5. The summed E-state index contributed by atoms with van der Waals surface area (Å²) >= 11 is 0. The number of hydrogen-bond donors (Lipinski definition) is 0. The number of furan rings is 1. The second kappa shape index (κ2) is 9.11. The third-order valence-corrected chi connectivity index (χ3v) is 8.89. The van der Waals surface area contributed by atoms with Crippen molar-refractivity contribution in [1.29, 1.82) is 0 Å². The van der Waals surface area contributed by atoms with E-state index in [4.69, 9.17) is 9.40 Å². The van der Waals surface area contributed by atoms with Crippen LogP contribution in [0.3, 0.4) is 0 Å². The largest absolute Gasteiger partial charge is 0.456 e. The Kier molecular flexibility index (Phi) is 4.90. The first-order chi connectivity index (χ1) is 22.3. The molecule has 0 saturated carbocycles. The molecule has 0 N–H and O–H groups in total. The highest BCUT2D eigenvalue weighted by atomic mass is 16.3. The molecule has 10 aromatic rings. The lowest BCUT2D eigenvalue weighted by Crippen LogP contribution is -2.03. The summed E-state index contributed by atoms with van der Waals surface area (Å²) in [6, 6.07) is 46.4. The molecule has 4 aromatic heterocycles. The zero-order valence-electron chi connectivity index (χ0n) is 23.9. The van der Waals surface area contributed by atoms with Gasteiger partial charge in [-0.2, -0.15) is 4.98 Å². The molecule has 0 saturated heterocycles. The van der Waals surface area contributed by atoms with Crippen LogP contribution >= 0.6 is 0 Å². The van der Waals surface area contributed by atoms with E-state index in [0.717, 1.165) is 44.2 Å². The molecule has 0 fully saturated rings. The Morgan fingerprint density at radius 3 is 1.56 bits per heavy atom. The van der Waals surface area contributed by atoms with E-state index in [0.29, 0.717) is 11.8 Å². The van der Waals surface area contributed by atoms with Crippen LogP contribution in [0.2, 0.25) is 0 Å². The molecule has 0 aliphatic rings. The molecule has 0 bridgehead atoms. The van der Waals surface area contributed by atoms with Crippen molar-refractivity contribution in [3.05, 3.63) is 140 Å². The highest BCUT2D eigenvalue weighted by Crippen LogP contribution is 2.37. The summed E-state index contributed by atoms with van der Waals surface area (Å²) in [5.74, 6) is 1.19. The van der Waals surface area contributed by atoms with Crippen LogP contribution in [0.15, 0.2) is 144 Å². The molecule has 210 valence electrons. The lowest BCUT2D eigenvalue weighted by Gasteiger charge is -2.08. The molecule has 6 heteroatoms. The molecular formula is C39H23N5O. The lowest BCUT2D eigenvalue weighted by molar-refractivity contribution is 0.669. The average molecular weight is 578 g/mol. The molecule has 0 amide bonds. The third-order valence-electron chi connectivity index (χ3n) is 8.89. The van der Waals surface area contributed by atoms with Gasteiger partial charge in [0, 0.05) is 43.6 Å². The predicted molar refractivity (Wildman–Crippen MR) is 181 cm³/mol. The fourth-order valence-electron chi connectivity index (χ4n) is 6.92. The highest BCUT2D eigenvalue weighted by Gasteiger charge is 2.17. The Hall–Kier alpha value is -6.27. The maximum atomic E-state index is 6.30. The van der Waals surface area contributed by atoms with E-state index >= 15 is 0 Å². The smallest absolute Gasteiger partial charge is 0.238 e. The summed E-state index contributed by atoms with van der Waals surface area (Å²) < 4.78 is 10.7. The Bertz CT molecular complexity index is 2680. The molecule has 10 rings (SSSR count). The van der Waals surface area contributed by atoms with Crippen LogP contribution in [-0.2, 0) is 0 Å². The molecule has 4 heterocycles. The Balaban J connectivity index is 1.15. The minimum absolute atomic E-state index is 0.586. The Morgan fingerprint density at radius 1 is 0.444 bits per heavy atom. The van der Waals surface area contributed by atoms with Crippen molar-refractivity contribution in [2.24, 2.45) is 0 Å². The van der Waals surface area contributed by atoms with E-state index in [1.54, 1.807) is 6.33 Å². The van der Waals surface area contributed by atoms with Gasteiger partial charge in [0.25, 0.3) is 0 Å². The zero-order chi connectivity index (χ0) is 29.5. The van der Waals surface area contributed by atoms with Crippen molar-refractivity contribution >= 4 is 65.6 Å². The Labute approximate surface area is 256 Å². The van der Waals surface area contributed by atoms with Gasteiger partial charge in [-0.25, -0.2) is 9.97 Å². The summed E-state index contributed by atoms with van der Waals surface area (Å²) in [7, 11) is 0. The Morgan fingerprint density at radius 2 is 0.956 bits per heavy atom. The number of rotatable bonds is 3. The third kappa shape index (κ3) is 3.48. The van der Waals surface area contributed by atoms with Gasteiger partial charge in [-0.05, 0) is 60.7 Å². The topological polar surface area (TPSA) is 61.7 Å². The van der Waals surface area contributed by atoms with Crippen LogP contribution in [0.5, 0.6) is 0 Å². The summed E-state index contributed by atoms with van der Waals surface area (Å²) in [6.45, 7) is 0. The van der Waals surface area contributed by atoms with Crippen LogP contribution in [0, 0.1) is 0 Å². The summed E-state index contributed by atoms with van der Waals surface area (Å²) in [4.78, 5) is 14.2. The van der Waals surface area contributed by atoms with E-state index < -0.39 is 0 Å². The maximum absolute atomic E-state index is 6.30. The van der Waals surface area contributed by atoms with Gasteiger partial charge in [0.05, 0.1) is 22.1 Å². The van der Waals surface area contributed by atoms with E-state index in [1.807, 2.05) is 24.3 Å². The first kappa shape index (κ1) is 24.2. The van der Waals surface area contributed by atoms with Crippen LogP contribution in [0.1, 0.15) is 0 Å². The van der Waals surface area contributed by atoms with Crippen molar-refractivity contribution in [3.8, 4) is 23.0 Å². The molecule has 0 spiro atoms. The SMILES string of the molecule is c1ccc2c(c1)c1ccccc1n2-c1ccc2oc3ccc(-c4ncnc(-n5c6ccccc6c6ccccc65)n4)cc3c2c1. The van der Waals surface area contributed by atoms with Crippen LogP contribution in [-0.4, -0.2) is 24.1 Å². The monoisotopic (exact) mass is 577 g/mol. The zero-order valence-corrected chi connectivity index (χ0v) is 23.9. The molecule has 0 radical (unpaired) electrons.